The molecule has 0 heterocycles. The van der Waals surface area contributed by atoms with Crippen LogP contribution in [0.1, 0.15) is 12.5 Å². The Bertz CT molecular complexity index is 285. The summed E-state index contributed by atoms with van der Waals surface area (Å²) in [6.07, 6.45) is 1.59. The minimum absolute atomic E-state index is 0.0128. The van der Waals surface area contributed by atoms with Crippen molar-refractivity contribution in [1.29, 1.82) is 0 Å². The van der Waals surface area contributed by atoms with Gasteiger partial charge in [0.2, 0.25) is 0 Å². The highest BCUT2D eigenvalue weighted by molar-refractivity contribution is 6.03. The predicted molar refractivity (Wildman–Crippen MR) is 49.7 cm³/mol. The molecule has 1 aromatic carbocycles. The Kier molecular flexibility index (Phi) is 2.81. The first kappa shape index (κ1) is 8.72. The Morgan fingerprint density at radius 1 is 1.33 bits per heavy atom. The zero-order valence-electron chi connectivity index (χ0n) is 7.08. The molecular weight excluding hydrogens is 148 g/mol. The van der Waals surface area contributed by atoms with Crippen LogP contribution in [0.2, 0.25) is 0 Å². The molecule has 0 aliphatic heterocycles. The minimum Gasteiger partial charge on any atom is -0.294 e. The molecule has 0 aliphatic rings. The monoisotopic (exact) mass is 159 g/mol. The molecule has 1 nitrogen and oxygen atoms in total. The molecule has 1 radical (unpaired) electrons. The lowest BCUT2D eigenvalue weighted by Crippen LogP contribution is -1.99. The highest BCUT2D eigenvalue weighted by Gasteiger charge is 2.02. The number of allylic oxidation sites excluding steroid dienone is 1. The maximum Gasteiger partial charge on any atom is 0.166 e. The van der Waals surface area contributed by atoms with Gasteiger partial charge >= 0.3 is 0 Å². The van der Waals surface area contributed by atoms with Gasteiger partial charge in [-0.1, -0.05) is 36.9 Å². The van der Waals surface area contributed by atoms with E-state index < -0.39 is 0 Å². The zero-order chi connectivity index (χ0) is 8.97. The first-order chi connectivity index (χ1) is 5.70. The van der Waals surface area contributed by atoms with E-state index in [4.69, 9.17) is 0 Å². The van der Waals surface area contributed by atoms with Crippen molar-refractivity contribution in [3.63, 3.8) is 0 Å². The lowest BCUT2D eigenvalue weighted by atomic mass is 10.1. The van der Waals surface area contributed by atoms with Crippen molar-refractivity contribution < 1.29 is 4.79 Å². The van der Waals surface area contributed by atoms with E-state index in [-0.39, 0.29) is 5.78 Å². The van der Waals surface area contributed by atoms with Crippen LogP contribution in [0.25, 0.3) is 0 Å². The van der Waals surface area contributed by atoms with Crippen molar-refractivity contribution in [3.05, 3.63) is 54.5 Å². The van der Waals surface area contributed by atoms with Gasteiger partial charge in [-0.25, -0.2) is 0 Å². The molecule has 61 valence electrons. The summed E-state index contributed by atoms with van der Waals surface area (Å²) in [5.41, 5.74) is 1.49. The van der Waals surface area contributed by atoms with Gasteiger partial charge in [-0.05, 0) is 18.1 Å². The summed E-state index contributed by atoms with van der Waals surface area (Å²) in [7, 11) is 0. The summed E-state index contributed by atoms with van der Waals surface area (Å²) in [5, 5.41) is 0. The van der Waals surface area contributed by atoms with E-state index in [0.29, 0.717) is 5.57 Å². The molecule has 1 heteroatoms. The fourth-order valence-corrected chi connectivity index (χ4v) is 0.824. The van der Waals surface area contributed by atoms with E-state index in [0.717, 1.165) is 5.56 Å². The van der Waals surface area contributed by atoms with Crippen LogP contribution in [0.15, 0.2) is 42.5 Å². The van der Waals surface area contributed by atoms with Crippen molar-refractivity contribution in [1.82, 2.24) is 0 Å². The second-order valence-electron chi connectivity index (χ2n) is 2.70. The third-order valence-electron chi connectivity index (χ3n) is 1.52. The van der Waals surface area contributed by atoms with Crippen LogP contribution in [0.5, 0.6) is 0 Å². The summed E-state index contributed by atoms with van der Waals surface area (Å²) in [5.74, 6) is -0.0128. The van der Waals surface area contributed by atoms with Gasteiger partial charge in [0.25, 0.3) is 0 Å². The highest BCUT2D eigenvalue weighted by atomic mass is 16.1. The lowest BCUT2D eigenvalue weighted by molar-refractivity contribution is -0.112. The van der Waals surface area contributed by atoms with Crippen molar-refractivity contribution in [2.24, 2.45) is 0 Å². The molecule has 0 aliphatic carbocycles. The Hall–Kier alpha value is -1.37. The van der Waals surface area contributed by atoms with Gasteiger partial charge in [-0.2, -0.15) is 0 Å². The number of carbonyl (C=O) groups excluding carboxylic acids is 1. The van der Waals surface area contributed by atoms with Gasteiger partial charge in [-0.15, -0.1) is 0 Å². The first-order valence-electron chi connectivity index (χ1n) is 3.80. The average molecular weight is 159 g/mol. The molecule has 0 saturated carbocycles. The SMILES string of the molecule is C=C(C)C(=O)[CH]c1ccccc1. The number of Topliss-reactive ketones (excluding diaryl/α,β-unsaturated/α-hetero) is 1. The fourth-order valence-electron chi connectivity index (χ4n) is 0.824. The molecule has 0 N–H and O–H groups in total. The van der Waals surface area contributed by atoms with Gasteiger partial charge in [0.15, 0.2) is 5.78 Å². The molecule has 0 atom stereocenters. The van der Waals surface area contributed by atoms with Gasteiger partial charge in [0.1, 0.15) is 0 Å². The van der Waals surface area contributed by atoms with Crippen molar-refractivity contribution in [2.45, 2.75) is 6.92 Å². The molecule has 1 aromatic rings. The lowest BCUT2D eigenvalue weighted by Gasteiger charge is -1.97. The maximum atomic E-state index is 11.2. The van der Waals surface area contributed by atoms with Gasteiger partial charge in [0.05, 0.1) is 6.42 Å². The number of benzene rings is 1. The molecule has 0 aromatic heterocycles. The van der Waals surface area contributed by atoms with E-state index in [2.05, 4.69) is 6.58 Å². The molecule has 0 amide bonds. The number of hydrogen-bond acceptors (Lipinski definition) is 1. The van der Waals surface area contributed by atoms with E-state index in [1.807, 2.05) is 30.3 Å². The highest BCUT2D eigenvalue weighted by Crippen LogP contribution is 2.05. The quantitative estimate of drug-likeness (QED) is 0.619. The largest absolute Gasteiger partial charge is 0.294 e. The third kappa shape index (κ3) is 2.35. The molecule has 0 unspecified atom stereocenters. The molecular formula is C11H11O. The van der Waals surface area contributed by atoms with E-state index in [9.17, 15) is 4.79 Å². The Balaban J connectivity index is 2.65. The standard InChI is InChI=1S/C11H11O/c1-9(2)11(12)8-10-6-4-3-5-7-10/h3-8H,1H2,2H3. The average Bonchev–Trinajstić information content (AvgIpc) is 2.06. The second kappa shape index (κ2) is 3.86. The minimum atomic E-state index is -0.0128. The van der Waals surface area contributed by atoms with Crippen LogP contribution in [0.3, 0.4) is 0 Å². The van der Waals surface area contributed by atoms with Crippen molar-refractivity contribution >= 4 is 5.78 Å². The van der Waals surface area contributed by atoms with Crippen LogP contribution in [0.4, 0.5) is 0 Å². The van der Waals surface area contributed by atoms with Crippen LogP contribution >= 0.6 is 0 Å². The Morgan fingerprint density at radius 3 is 2.42 bits per heavy atom. The van der Waals surface area contributed by atoms with Gasteiger partial charge < -0.3 is 0 Å². The third-order valence-corrected chi connectivity index (χ3v) is 1.52. The first-order valence-corrected chi connectivity index (χ1v) is 3.80. The topological polar surface area (TPSA) is 17.1 Å². The van der Waals surface area contributed by atoms with E-state index >= 15 is 0 Å². The second-order valence-corrected chi connectivity index (χ2v) is 2.70. The zero-order valence-corrected chi connectivity index (χ0v) is 7.08. The van der Waals surface area contributed by atoms with Crippen LogP contribution in [0, 0.1) is 6.42 Å². The van der Waals surface area contributed by atoms with Crippen LogP contribution in [-0.4, -0.2) is 5.78 Å². The summed E-state index contributed by atoms with van der Waals surface area (Å²) in [4.78, 5) is 11.2. The summed E-state index contributed by atoms with van der Waals surface area (Å²) in [6.45, 7) is 5.28. The number of ketones is 1. The van der Waals surface area contributed by atoms with E-state index in [1.54, 1.807) is 13.3 Å². The van der Waals surface area contributed by atoms with Crippen LogP contribution in [-0.2, 0) is 4.79 Å². The van der Waals surface area contributed by atoms with E-state index in [1.165, 1.54) is 0 Å². The predicted octanol–water partition coefficient (Wildman–Crippen LogP) is 2.38. The van der Waals surface area contributed by atoms with Crippen molar-refractivity contribution in [3.8, 4) is 0 Å². The molecule has 1 rings (SSSR count). The molecule has 12 heavy (non-hydrogen) atoms. The molecule has 0 spiro atoms. The fraction of sp³-hybridized carbons (Fsp3) is 0.0909. The van der Waals surface area contributed by atoms with Gasteiger partial charge in [-0.3, -0.25) is 4.79 Å². The molecule has 0 saturated heterocycles. The summed E-state index contributed by atoms with van der Waals surface area (Å²) < 4.78 is 0. The number of carbonyl (C=O) groups is 1. The normalized spacial score (nSPS) is 9.42. The van der Waals surface area contributed by atoms with Crippen LogP contribution < -0.4 is 0 Å². The Labute approximate surface area is 72.7 Å². The number of hydrogen-bond donors (Lipinski definition) is 0. The Morgan fingerprint density at radius 2 is 1.92 bits per heavy atom. The smallest absolute Gasteiger partial charge is 0.166 e. The number of rotatable bonds is 3. The summed E-state index contributed by atoms with van der Waals surface area (Å²) >= 11 is 0. The molecule has 0 bridgehead atoms. The van der Waals surface area contributed by atoms with Gasteiger partial charge in [0, 0.05) is 0 Å². The summed E-state index contributed by atoms with van der Waals surface area (Å²) in [6, 6.07) is 9.50. The maximum absolute atomic E-state index is 11.2. The molecule has 0 fully saturated rings. The van der Waals surface area contributed by atoms with Crippen molar-refractivity contribution in [2.75, 3.05) is 0 Å².